The zero-order chi connectivity index (χ0) is 16.6. The van der Waals surface area contributed by atoms with E-state index in [0.29, 0.717) is 23.4 Å². The van der Waals surface area contributed by atoms with Crippen LogP contribution in [-0.4, -0.2) is 20.8 Å². The monoisotopic (exact) mass is 321 g/mol. The van der Waals surface area contributed by atoms with Crippen LogP contribution in [0.4, 0.5) is 24.8 Å². The molecule has 3 aromatic rings. The van der Waals surface area contributed by atoms with Crippen LogP contribution < -0.4 is 11.1 Å². The number of halogens is 3. The maximum Gasteiger partial charge on any atom is 0.419 e. The number of nitrogens with one attached hydrogen (secondary N) is 1. The fraction of sp³-hybridized carbons (Fsp3) is 0.0714. The summed E-state index contributed by atoms with van der Waals surface area (Å²) in [6, 6.07) is 4.18. The van der Waals surface area contributed by atoms with Crippen LogP contribution in [0, 0.1) is 0 Å². The predicted molar refractivity (Wildman–Crippen MR) is 77.5 cm³/mol. The Bertz CT molecular complexity index is 888. The Kier molecular flexibility index (Phi) is 3.40. The summed E-state index contributed by atoms with van der Waals surface area (Å²) in [5, 5.41) is 2.40. The zero-order valence-corrected chi connectivity index (χ0v) is 11.5. The molecule has 0 unspecified atom stereocenters. The molecule has 3 aromatic heterocycles. The average Bonchev–Trinajstić information content (AvgIpc) is 2.88. The smallest absolute Gasteiger partial charge is 0.383 e. The van der Waals surface area contributed by atoms with Gasteiger partial charge in [0.05, 0.1) is 11.8 Å². The number of nitrogens with two attached hydrogens (primary N) is 1. The molecule has 0 bridgehead atoms. The molecule has 118 valence electrons. The Morgan fingerprint density at radius 1 is 1.22 bits per heavy atom. The van der Waals surface area contributed by atoms with Gasteiger partial charge in [-0.25, -0.2) is 9.97 Å². The fourth-order valence-electron chi connectivity index (χ4n) is 2.15. The molecule has 0 fully saturated rings. The van der Waals surface area contributed by atoms with Crippen molar-refractivity contribution >= 4 is 23.7 Å². The summed E-state index contributed by atoms with van der Waals surface area (Å²) in [5.41, 5.74) is 5.63. The molecule has 3 heterocycles. The molecule has 0 aliphatic carbocycles. The van der Waals surface area contributed by atoms with Crippen molar-refractivity contribution in [2.24, 2.45) is 0 Å². The second-order valence-electron chi connectivity index (χ2n) is 4.73. The van der Waals surface area contributed by atoms with Gasteiger partial charge in [-0.1, -0.05) is 0 Å². The first-order valence-electron chi connectivity index (χ1n) is 6.40. The molecule has 0 aliphatic rings. The lowest BCUT2D eigenvalue weighted by atomic mass is 10.1. The molecule has 0 spiro atoms. The highest BCUT2D eigenvalue weighted by molar-refractivity contribution is 5.71. The quantitative estimate of drug-likeness (QED) is 0.726. The molecule has 23 heavy (non-hydrogen) atoms. The molecule has 0 aliphatic heterocycles. The second-order valence-corrected chi connectivity index (χ2v) is 4.73. The summed E-state index contributed by atoms with van der Waals surface area (Å²) in [6.07, 6.45) is 0.316. The Hall–Kier alpha value is -3.10. The van der Waals surface area contributed by atoms with Crippen molar-refractivity contribution in [3.05, 3.63) is 42.4 Å². The minimum Gasteiger partial charge on any atom is -0.383 e. The summed E-state index contributed by atoms with van der Waals surface area (Å²) in [5.74, 6) is -0.231. The van der Waals surface area contributed by atoms with E-state index in [2.05, 4.69) is 15.3 Å². The van der Waals surface area contributed by atoms with Crippen molar-refractivity contribution in [3.63, 3.8) is 0 Å². The van der Waals surface area contributed by atoms with Gasteiger partial charge in [0.2, 0.25) is 6.41 Å². The van der Waals surface area contributed by atoms with Gasteiger partial charge in [0.1, 0.15) is 11.5 Å². The van der Waals surface area contributed by atoms with Crippen LogP contribution in [-0.2, 0) is 11.0 Å². The van der Waals surface area contributed by atoms with E-state index in [-0.39, 0.29) is 5.56 Å². The van der Waals surface area contributed by atoms with E-state index in [4.69, 9.17) is 5.73 Å². The molecule has 1 amide bonds. The first-order valence-corrected chi connectivity index (χ1v) is 6.40. The van der Waals surface area contributed by atoms with E-state index >= 15 is 0 Å². The number of imidazole rings is 1. The Morgan fingerprint density at radius 3 is 2.70 bits per heavy atom. The van der Waals surface area contributed by atoms with E-state index in [1.54, 1.807) is 28.9 Å². The topological polar surface area (TPSA) is 85.3 Å². The molecule has 6 nitrogen and oxygen atoms in total. The van der Waals surface area contributed by atoms with Crippen LogP contribution in [0.3, 0.4) is 0 Å². The third-order valence-corrected chi connectivity index (χ3v) is 3.22. The van der Waals surface area contributed by atoms with Crippen LogP contribution in [0.1, 0.15) is 5.56 Å². The highest BCUT2D eigenvalue weighted by atomic mass is 19.4. The predicted octanol–water partition coefficient (Wildman–Crippen LogP) is 2.57. The number of carbonyl (C=O) groups excluding carboxylic acids is 1. The minimum absolute atomic E-state index is 0.270. The number of carbonyl (C=O) groups is 1. The van der Waals surface area contributed by atoms with E-state index in [0.717, 1.165) is 6.07 Å². The summed E-state index contributed by atoms with van der Waals surface area (Å²) < 4.78 is 40.3. The van der Waals surface area contributed by atoms with Gasteiger partial charge >= 0.3 is 6.18 Å². The number of nitrogen functional groups attached to an aromatic ring is 1. The number of alkyl halides is 3. The lowest BCUT2D eigenvalue weighted by Gasteiger charge is -2.11. The standard InChI is InChI=1S/C14H10F3N5O/c15-14(16,17)10-3-9(4-19-13(10)18)8-1-2-12-21-11(20-7-23)6-22(12)5-8/h1-7H,(H2,18,19)(H,20,23). The Balaban J connectivity index is 2.07. The number of hydrogen-bond donors (Lipinski definition) is 2. The number of nitrogens with zero attached hydrogens (tertiary/aromatic N) is 3. The molecular formula is C14H10F3N5O. The number of amides is 1. The van der Waals surface area contributed by atoms with Gasteiger partial charge in [0.15, 0.2) is 5.82 Å². The lowest BCUT2D eigenvalue weighted by molar-refractivity contribution is -0.137. The maximum atomic E-state index is 12.9. The number of pyridine rings is 2. The zero-order valence-electron chi connectivity index (χ0n) is 11.5. The highest BCUT2D eigenvalue weighted by Crippen LogP contribution is 2.35. The van der Waals surface area contributed by atoms with Crippen LogP contribution in [0.5, 0.6) is 0 Å². The van der Waals surface area contributed by atoms with E-state index in [9.17, 15) is 18.0 Å². The molecular weight excluding hydrogens is 311 g/mol. The molecule has 9 heteroatoms. The van der Waals surface area contributed by atoms with Crippen LogP contribution >= 0.6 is 0 Å². The number of aromatic nitrogens is 3. The fourth-order valence-corrected chi connectivity index (χ4v) is 2.15. The number of rotatable bonds is 3. The third kappa shape index (κ3) is 2.80. The Labute approximate surface area is 127 Å². The van der Waals surface area contributed by atoms with Gasteiger partial charge < -0.3 is 15.5 Å². The highest BCUT2D eigenvalue weighted by Gasteiger charge is 2.34. The second kappa shape index (κ2) is 5.27. The van der Waals surface area contributed by atoms with Crippen molar-refractivity contribution in [2.75, 3.05) is 11.1 Å². The molecule has 0 saturated carbocycles. The molecule has 0 aromatic carbocycles. The molecule has 3 N–H and O–H groups in total. The van der Waals surface area contributed by atoms with E-state index in [1.165, 1.54) is 6.20 Å². The molecule has 3 rings (SSSR count). The number of anilines is 2. The minimum atomic E-state index is -4.58. The SMILES string of the molecule is Nc1ncc(-c2ccc3nc(NC=O)cn3c2)cc1C(F)(F)F. The van der Waals surface area contributed by atoms with E-state index in [1.807, 2.05) is 0 Å². The lowest BCUT2D eigenvalue weighted by Crippen LogP contribution is -2.10. The van der Waals surface area contributed by atoms with Crippen molar-refractivity contribution in [3.8, 4) is 11.1 Å². The third-order valence-electron chi connectivity index (χ3n) is 3.22. The van der Waals surface area contributed by atoms with E-state index < -0.39 is 17.6 Å². The average molecular weight is 321 g/mol. The van der Waals surface area contributed by atoms with Crippen LogP contribution in [0.25, 0.3) is 16.8 Å². The molecule has 0 saturated heterocycles. The van der Waals surface area contributed by atoms with Gasteiger partial charge in [-0.15, -0.1) is 0 Å². The van der Waals surface area contributed by atoms with Crippen molar-refractivity contribution in [1.82, 2.24) is 14.4 Å². The van der Waals surface area contributed by atoms with Crippen LogP contribution in [0.2, 0.25) is 0 Å². The van der Waals surface area contributed by atoms with Gasteiger partial charge in [0, 0.05) is 23.5 Å². The maximum absolute atomic E-state index is 12.9. The molecule has 0 atom stereocenters. The summed E-state index contributed by atoms with van der Waals surface area (Å²) in [4.78, 5) is 18.1. The largest absolute Gasteiger partial charge is 0.419 e. The summed E-state index contributed by atoms with van der Waals surface area (Å²) >= 11 is 0. The van der Waals surface area contributed by atoms with Gasteiger partial charge in [-0.05, 0) is 18.2 Å². The normalized spacial score (nSPS) is 11.6. The van der Waals surface area contributed by atoms with Crippen molar-refractivity contribution in [2.45, 2.75) is 6.18 Å². The first-order chi connectivity index (χ1) is 10.9. The number of fused-ring (bicyclic) bond motifs is 1. The Morgan fingerprint density at radius 2 is 2.00 bits per heavy atom. The molecule has 0 radical (unpaired) electrons. The van der Waals surface area contributed by atoms with Crippen LogP contribution in [0.15, 0.2) is 36.8 Å². The van der Waals surface area contributed by atoms with Crippen molar-refractivity contribution < 1.29 is 18.0 Å². The van der Waals surface area contributed by atoms with Crippen molar-refractivity contribution in [1.29, 1.82) is 0 Å². The van der Waals surface area contributed by atoms with Gasteiger partial charge in [0.25, 0.3) is 0 Å². The van der Waals surface area contributed by atoms with Gasteiger partial charge in [-0.3, -0.25) is 4.79 Å². The summed E-state index contributed by atoms with van der Waals surface area (Å²) in [6.45, 7) is 0. The first kappa shape index (κ1) is 14.8. The summed E-state index contributed by atoms with van der Waals surface area (Å²) in [7, 11) is 0. The van der Waals surface area contributed by atoms with Gasteiger partial charge in [-0.2, -0.15) is 13.2 Å². The number of hydrogen-bond acceptors (Lipinski definition) is 4.